The standard InChI is InChI=1S/C27H34N2/c1-4-6-8-22-10-14-24(15-11-22)28-26-18-19-27(21(3)20-26)29-25-16-12-23(13-17-25)9-7-5-2/h10-20,28-29H,4-9H2,1-3H3. The normalized spacial score (nSPS) is 10.7. The number of aryl methyl sites for hydroxylation is 3. The molecule has 0 heterocycles. The van der Waals surface area contributed by atoms with Crippen molar-refractivity contribution in [3.8, 4) is 0 Å². The van der Waals surface area contributed by atoms with E-state index >= 15 is 0 Å². The largest absolute Gasteiger partial charge is 0.356 e. The average Bonchev–Trinajstić information content (AvgIpc) is 2.74. The molecular formula is C27H34N2. The number of nitrogens with one attached hydrogen (secondary N) is 2. The van der Waals surface area contributed by atoms with Gasteiger partial charge in [0.25, 0.3) is 0 Å². The molecule has 3 aromatic carbocycles. The lowest BCUT2D eigenvalue weighted by atomic mass is 10.1. The van der Waals surface area contributed by atoms with E-state index in [1.54, 1.807) is 0 Å². The number of benzene rings is 3. The minimum absolute atomic E-state index is 1.12. The van der Waals surface area contributed by atoms with Gasteiger partial charge in [0.05, 0.1) is 0 Å². The summed E-state index contributed by atoms with van der Waals surface area (Å²) in [4.78, 5) is 0. The van der Waals surface area contributed by atoms with Gasteiger partial charge in [-0.25, -0.2) is 0 Å². The Hall–Kier alpha value is -2.74. The third kappa shape index (κ3) is 6.39. The van der Waals surface area contributed by atoms with Crippen LogP contribution in [0.3, 0.4) is 0 Å². The third-order valence-electron chi connectivity index (χ3n) is 5.34. The summed E-state index contributed by atoms with van der Waals surface area (Å²) in [6.45, 7) is 6.62. The fourth-order valence-corrected chi connectivity index (χ4v) is 3.48. The van der Waals surface area contributed by atoms with Gasteiger partial charge in [0, 0.05) is 22.7 Å². The molecule has 2 heteroatoms. The van der Waals surface area contributed by atoms with Crippen molar-refractivity contribution >= 4 is 22.7 Å². The summed E-state index contributed by atoms with van der Waals surface area (Å²) >= 11 is 0. The minimum atomic E-state index is 1.12. The first-order valence-corrected chi connectivity index (χ1v) is 11.0. The zero-order valence-electron chi connectivity index (χ0n) is 18.1. The van der Waals surface area contributed by atoms with E-state index in [2.05, 4.69) is 98.1 Å². The van der Waals surface area contributed by atoms with Gasteiger partial charge in [-0.2, -0.15) is 0 Å². The topological polar surface area (TPSA) is 24.1 Å². The zero-order chi connectivity index (χ0) is 20.5. The molecule has 0 unspecified atom stereocenters. The van der Waals surface area contributed by atoms with Crippen LogP contribution in [0, 0.1) is 6.92 Å². The third-order valence-corrected chi connectivity index (χ3v) is 5.34. The van der Waals surface area contributed by atoms with E-state index in [4.69, 9.17) is 0 Å². The van der Waals surface area contributed by atoms with Crippen LogP contribution in [-0.4, -0.2) is 0 Å². The van der Waals surface area contributed by atoms with Crippen LogP contribution in [0.1, 0.15) is 56.2 Å². The minimum Gasteiger partial charge on any atom is -0.356 e. The van der Waals surface area contributed by atoms with Crippen molar-refractivity contribution < 1.29 is 0 Å². The van der Waals surface area contributed by atoms with Crippen molar-refractivity contribution in [1.82, 2.24) is 0 Å². The first-order chi connectivity index (χ1) is 14.2. The molecule has 0 spiro atoms. The van der Waals surface area contributed by atoms with Crippen molar-refractivity contribution in [2.24, 2.45) is 0 Å². The second-order valence-corrected chi connectivity index (χ2v) is 7.88. The number of unbranched alkanes of at least 4 members (excludes halogenated alkanes) is 2. The predicted octanol–water partition coefficient (Wildman–Crippen LogP) is 8.17. The molecule has 0 aliphatic carbocycles. The molecule has 0 atom stereocenters. The molecule has 0 amide bonds. The molecule has 29 heavy (non-hydrogen) atoms. The molecule has 0 saturated heterocycles. The molecule has 3 aromatic rings. The van der Waals surface area contributed by atoms with Crippen LogP contribution in [0.4, 0.5) is 22.7 Å². The molecule has 2 nitrogen and oxygen atoms in total. The van der Waals surface area contributed by atoms with Gasteiger partial charge in [-0.3, -0.25) is 0 Å². The van der Waals surface area contributed by atoms with E-state index in [1.165, 1.54) is 42.4 Å². The number of hydrogen-bond acceptors (Lipinski definition) is 2. The SMILES string of the molecule is CCCCc1ccc(Nc2ccc(Nc3ccc(CCCC)cc3)c(C)c2)cc1. The van der Waals surface area contributed by atoms with Crippen molar-refractivity contribution in [3.05, 3.63) is 83.4 Å². The summed E-state index contributed by atoms with van der Waals surface area (Å²) in [5.41, 5.74) is 8.58. The van der Waals surface area contributed by atoms with Crippen LogP contribution in [0.2, 0.25) is 0 Å². The maximum absolute atomic E-state index is 3.55. The fourth-order valence-electron chi connectivity index (χ4n) is 3.48. The highest BCUT2D eigenvalue weighted by atomic mass is 14.9. The van der Waals surface area contributed by atoms with Crippen molar-refractivity contribution in [3.63, 3.8) is 0 Å². The van der Waals surface area contributed by atoms with Gasteiger partial charge in [0.15, 0.2) is 0 Å². The Bertz CT molecular complexity index is 879. The smallest absolute Gasteiger partial charge is 0.0415 e. The lowest BCUT2D eigenvalue weighted by Gasteiger charge is -2.13. The quantitative estimate of drug-likeness (QED) is 0.367. The summed E-state index contributed by atoms with van der Waals surface area (Å²) in [5, 5.41) is 7.06. The Morgan fingerprint density at radius 3 is 1.55 bits per heavy atom. The Balaban J connectivity index is 1.61. The van der Waals surface area contributed by atoms with Gasteiger partial charge >= 0.3 is 0 Å². The average molecular weight is 387 g/mol. The van der Waals surface area contributed by atoms with E-state index < -0.39 is 0 Å². The van der Waals surface area contributed by atoms with Crippen LogP contribution in [0.25, 0.3) is 0 Å². The Morgan fingerprint density at radius 1 is 0.586 bits per heavy atom. The summed E-state index contributed by atoms with van der Waals surface area (Å²) in [6, 6.07) is 24.1. The van der Waals surface area contributed by atoms with E-state index in [-0.39, 0.29) is 0 Å². The lowest BCUT2D eigenvalue weighted by Crippen LogP contribution is -1.96. The second-order valence-electron chi connectivity index (χ2n) is 7.88. The molecule has 0 radical (unpaired) electrons. The molecule has 152 valence electrons. The highest BCUT2D eigenvalue weighted by Crippen LogP contribution is 2.26. The zero-order valence-corrected chi connectivity index (χ0v) is 18.1. The molecule has 0 bridgehead atoms. The Labute approximate surface area is 176 Å². The Morgan fingerprint density at radius 2 is 1.07 bits per heavy atom. The van der Waals surface area contributed by atoms with Crippen molar-refractivity contribution in [2.45, 2.75) is 59.3 Å². The van der Waals surface area contributed by atoms with Gasteiger partial charge < -0.3 is 10.6 Å². The van der Waals surface area contributed by atoms with Gasteiger partial charge in [0.1, 0.15) is 0 Å². The molecule has 2 N–H and O–H groups in total. The van der Waals surface area contributed by atoms with E-state index in [0.29, 0.717) is 0 Å². The van der Waals surface area contributed by atoms with Crippen molar-refractivity contribution in [1.29, 1.82) is 0 Å². The molecule has 0 saturated carbocycles. The van der Waals surface area contributed by atoms with Gasteiger partial charge in [-0.1, -0.05) is 51.0 Å². The van der Waals surface area contributed by atoms with Gasteiger partial charge in [-0.05, 0) is 91.8 Å². The Kier molecular flexibility index (Phi) is 7.75. The van der Waals surface area contributed by atoms with E-state index in [9.17, 15) is 0 Å². The molecular weight excluding hydrogens is 352 g/mol. The molecule has 0 aliphatic rings. The van der Waals surface area contributed by atoms with Gasteiger partial charge in [0.2, 0.25) is 0 Å². The fraction of sp³-hybridized carbons (Fsp3) is 0.333. The molecule has 0 aliphatic heterocycles. The summed E-state index contributed by atoms with van der Waals surface area (Å²) in [7, 11) is 0. The van der Waals surface area contributed by atoms with E-state index in [1.807, 2.05) is 0 Å². The highest BCUT2D eigenvalue weighted by molar-refractivity contribution is 5.69. The second kappa shape index (κ2) is 10.7. The van der Waals surface area contributed by atoms with Crippen LogP contribution in [0.5, 0.6) is 0 Å². The van der Waals surface area contributed by atoms with Crippen LogP contribution in [0.15, 0.2) is 66.7 Å². The predicted molar refractivity (Wildman–Crippen MR) is 128 cm³/mol. The number of anilines is 4. The van der Waals surface area contributed by atoms with Crippen molar-refractivity contribution in [2.75, 3.05) is 10.6 Å². The maximum Gasteiger partial charge on any atom is 0.0415 e. The first kappa shape index (κ1) is 21.0. The first-order valence-electron chi connectivity index (χ1n) is 11.0. The monoisotopic (exact) mass is 386 g/mol. The van der Waals surface area contributed by atoms with Crippen LogP contribution in [-0.2, 0) is 12.8 Å². The highest BCUT2D eigenvalue weighted by Gasteiger charge is 2.03. The summed E-state index contributed by atoms with van der Waals surface area (Å²) < 4.78 is 0. The number of rotatable bonds is 10. The summed E-state index contributed by atoms with van der Waals surface area (Å²) in [5.74, 6) is 0. The number of hydrogen-bond donors (Lipinski definition) is 2. The maximum atomic E-state index is 3.55. The lowest BCUT2D eigenvalue weighted by molar-refractivity contribution is 0.795. The molecule has 0 fully saturated rings. The summed E-state index contributed by atoms with van der Waals surface area (Å²) in [6.07, 6.45) is 7.31. The van der Waals surface area contributed by atoms with Crippen LogP contribution >= 0.6 is 0 Å². The van der Waals surface area contributed by atoms with E-state index in [0.717, 1.165) is 35.6 Å². The molecule has 3 rings (SSSR count). The molecule has 0 aromatic heterocycles. The van der Waals surface area contributed by atoms with Crippen LogP contribution < -0.4 is 10.6 Å². The van der Waals surface area contributed by atoms with Gasteiger partial charge in [-0.15, -0.1) is 0 Å².